The Morgan fingerprint density at radius 1 is 1.12 bits per heavy atom. The molecule has 0 aromatic carbocycles. The van der Waals surface area contributed by atoms with Crippen molar-refractivity contribution in [3.05, 3.63) is 41.7 Å². The van der Waals surface area contributed by atoms with Crippen LogP contribution in [0.4, 0.5) is 4.39 Å². The standard InChI is InChI=1S/C15H14ClFN2O4S/c16-14-10(23-15-13(22)12(21)9(20)6-24-15)3-8(5-19-14)7-1-2-11(17)18-4-7/h1-5,9,12-13,15,20-22H,6H2/t9-,12+,13-,15+/m1/s1. The molecule has 0 radical (unpaired) electrons. The zero-order valence-corrected chi connectivity index (χ0v) is 13.8. The highest BCUT2D eigenvalue weighted by Crippen LogP contribution is 2.34. The van der Waals surface area contributed by atoms with Crippen LogP contribution in [-0.2, 0) is 0 Å². The highest BCUT2D eigenvalue weighted by Gasteiger charge is 2.38. The fourth-order valence-corrected chi connectivity index (χ4v) is 3.48. The molecule has 3 N–H and O–H groups in total. The van der Waals surface area contributed by atoms with Crippen LogP contribution in [0.5, 0.6) is 5.75 Å². The first kappa shape index (κ1) is 17.4. The maximum atomic E-state index is 12.9. The van der Waals surface area contributed by atoms with Gasteiger partial charge in [-0.05, 0) is 18.2 Å². The van der Waals surface area contributed by atoms with Crippen LogP contribution >= 0.6 is 23.4 Å². The average molecular weight is 373 g/mol. The van der Waals surface area contributed by atoms with Crippen molar-refractivity contribution in [3.8, 4) is 16.9 Å². The molecule has 24 heavy (non-hydrogen) atoms. The second-order valence-electron chi connectivity index (χ2n) is 5.25. The summed E-state index contributed by atoms with van der Waals surface area (Å²) in [5.41, 5.74) is 0.430. The van der Waals surface area contributed by atoms with Crippen molar-refractivity contribution in [2.75, 3.05) is 5.75 Å². The molecule has 6 nitrogen and oxygen atoms in total. The van der Waals surface area contributed by atoms with Crippen LogP contribution < -0.4 is 4.74 Å². The number of hydrogen-bond acceptors (Lipinski definition) is 7. The van der Waals surface area contributed by atoms with Gasteiger partial charge >= 0.3 is 0 Å². The molecule has 2 aromatic rings. The van der Waals surface area contributed by atoms with E-state index in [-0.39, 0.29) is 16.7 Å². The van der Waals surface area contributed by atoms with Gasteiger partial charge in [-0.1, -0.05) is 11.6 Å². The maximum absolute atomic E-state index is 12.9. The maximum Gasteiger partial charge on any atom is 0.212 e. The molecule has 0 aliphatic carbocycles. The molecule has 1 aliphatic rings. The summed E-state index contributed by atoms with van der Waals surface area (Å²) in [6.45, 7) is 0. The van der Waals surface area contributed by atoms with E-state index in [2.05, 4.69) is 9.97 Å². The van der Waals surface area contributed by atoms with E-state index in [1.807, 2.05) is 0 Å². The number of aliphatic hydroxyl groups excluding tert-OH is 3. The van der Waals surface area contributed by atoms with Gasteiger partial charge in [0.25, 0.3) is 0 Å². The van der Waals surface area contributed by atoms with Crippen LogP contribution in [0.1, 0.15) is 0 Å². The largest absolute Gasteiger partial charge is 0.474 e. The lowest BCUT2D eigenvalue weighted by Crippen LogP contribution is -2.50. The van der Waals surface area contributed by atoms with Gasteiger partial charge in [-0.3, -0.25) is 0 Å². The highest BCUT2D eigenvalue weighted by molar-refractivity contribution is 7.99. The Balaban J connectivity index is 1.83. The lowest BCUT2D eigenvalue weighted by molar-refractivity contribution is -0.0786. The molecule has 3 rings (SSSR count). The second kappa shape index (κ2) is 7.20. The van der Waals surface area contributed by atoms with E-state index in [0.29, 0.717) is 11.1 Å². The van der Waals surface area contributed by atoms with Gasteiger partial charge in [0, 0.05) is 29.3 Å². The van der Waals surface area contributed by atoms with E-state index >= 15 is 0 Å². The Morgan fingerprint density at radius 3 is 2.58 bits per heavy atom. The predicted molar refractivity (Wildman–Crippen MR) is 87.3 cm³/mol. The van der Waals surface area contributed by atoms with E-state index in [1.165, 1.54) is 18.5 Å². The van der Waals surface area contributed by atoms with Crippen molar-refractivity contribution in [1.29, 1.82) is 0 Å². The molecule has 0 bridgehead atoms. The fourth-order valence-electron chi connectivity index (χ4n) is 2.22. The first-order valence-corrected chi connectivity index (χ1v) is 8.48. The molecule has 0 spiro atoms. The van der Waals surface area contributed by atoms with E-state index in [9.17, 15) is 19.7 Å². The normalized spacial score (nSPS) is 27.0. The summed E-state index contributed by atoms with van der Waals surface area (Å²) in [4.78, 5) is 7.60. The molecular weight excluding hydrogens is 359 g/mol. The minimum absolute atomic E-state index is 0.0854. The van der Waals surface area contributed by atoms with E-state index in [1.54, 1.807) is 12.1 Å². The molecule has 0 saturated carbocycles. The molecule has 1 aliphatic heterocycles. The van der Waals surface area contributed by atoms with Crippen LogP contribution in [0.2, 0.25) is 5.15 Å². The SMILES string of the molecule is O[C@@H]1[C@@H](O)[C@@H](Oc2cc(-c3ccc(F)nc3)cnc2Cl)SC[C@H]1O. The summed E-state index contributed by atoms with van der Waals surface area (Å²) in [7, 11) is 0. The van der Waals surface area contributed by atoms with Crippen molar-refractivity contribution < 1.29 is 24.4 Å². The van der Waals surface area contributed by atoms with Crippen molar-refractivity contribution in [2.24, 2.45) is 0 Å². The van der Waals surface area contributed by atoms with E-state index in [4.69, 9.17) is 16.3 Å². The predicted octanol–water partition coefficient (Wildman–Crippen LogP) is 1.47. The topological polar surface area (TPSA) is 95.7 Å². The Labute approximate surface area is 146 Å². The first-order valence-electron chi connectivity index (χ1n) is 7.05. The zero-order valence-electron chi connectivity index (χ0n) is 12.2. The summed E-state index contributed by atoms with van der Waals surface area (Å²) in [5.74, 6) is -0.166. The molecule has 1 fully saturated rings. The van der Waals surface area contributed by atoms with Crippen LogP contribution in [0.15, 0.2) is 30.6 Å². The van der Waals surface area contributed by atoms with Gasteiger partial charge in [-0.2, -0.15) is 4.39 Å². The lowest BCUT2D eigenvalue weighted by atomic mass is 10.1. The molecule has 3 heterocycles. The van der Waals surface area contributed by atoms with E-state index in [0.717, 1.165) is 11.8 Å². The Bertz CT molecular complexity index is 721. The van der Waals surface area contributed by atoms with Gasteiger partial charge in [-0.15, -0.1) is 11.8 Å². The molecule has 2 aromatic heterocycles. The smallest absolute Gasteiger partial charge is 0.212 e. The Morgan fingerprint density at radius 2 is 1.88 bits per heavy atom. The number of hydrogen-bond donors (Lipinski definition) is 3. The lowest BCUT2D eigenvalue weighted by Gasteiger charge is -2.34. The average Bonchev–Trinajstić information content (AvgIpc) is 2.58. The Kier molecular flexibility index (Phi) is 5.21. The third-order valence-corrected chi connectivity index (χ3v) is 5.09. The van der Waals surface area contributed by atoms with E-state index < -0.39 is 29.7 Å². The molecule has 128 valence electrons. The summed E-state index contributed by atoms with van der Waals surface area (Å²) in [6, 6.07) is 4.36. The highest BCUT2D eigenvalue weighted by atomic mass is 35.5. The van der Waals surface area contributed by atoms with Crippen LogP contribution in [-0.4, -0.2) is 54.8 Å². The minimum atomic E-state index is -1.30. The molecule has 1 saturated heterocycles. The third kappa shape index (κ3) is 3.62. The van der Waals surface area contributed by atoms with Gasteiger partial charge in [0.1, 0.15) is 12.2 Å². The minimum Gasteiger partial charge on any atom is -0.474 e. The van der Waals surface area contributed by atoms with Gasteiger partial charge < -0.3 is 20.1 Å². The van der Waals surface area contributed by atoms with Crippen molar-refractivity contribution in [3.63, 3.8) is 0 Å². The number of halogens is 2. The summed E-state index contributed by atoms with van der Waals surface area (Å²) >= 11 is 7.19. The van der Waals surface area contributed by atoms with Crippen molar-refractivity contribution in [1.82, 2.24) is 9.97 Å². The zero-order chi connectivity index (χ0) is 17.3. The third-order valence-electron chi connectivity index (χ3n) is 3.56. The number of aromatic nitrogens is 2. The van der Waals surface area contributed by atoms with Gasteiger partial charge in [0.2, 0.25) is 5.95 Å². The summed E-state index contributed by atoms with van der Waals surface area (Å²) in [6.07, 6.45) is -0.741. The quantitative estimate of drug-likeness (QED) is 0.702. The van der Waals surface area contributed by atoms with Crippen LogP contribution in [0.25, 0.3) is 11.1 Å². The van der Waals surface area contributed by atoms with Gasteiger partial charge in [0.05, 0.1) is 6.10 Å². The molecule has 0 amide bonds. The molecule has 4 atom stereocenters. The van der Waals surface area contributed by atoms with Gasteiger partial charge in [-0.25, -0.2) is 9.97 Å². The molecule has 9 heteroatoms. The second-order valence-corrected chi connectivity index (χ2v) is 6.74. The number of aliphatic hydroxyl groups is 3. The molecular formula is C15H14ClFN2O4S. The number of thioether (sulfide) groups is 1. The van der Waals surface area contributed by atoms with Gasteiger partial charge in [0.15, 0.2) is 16.3 Å². The number of ether oxygens (including phenoxy) is 1. The number of nitrogens with zero attached hydrogens (tertiary/aromatic N) is 2. The van der Waals surface area contributed by atoms with Crippen LogP contribution in [0.3, 0.4) is 0 Å². The Hall–Kier alpha value is -1.45. The number of rotatable bonds is 3. The van der Waals surface area contributed by atoms with Crippen LogP contribution in [0, 0.1) is 5.95 Å². The summed E-state index contributed by atoms with van der Waals surface area (Å²) < 4.78 is 18.6. The number of pyridine rings is 2. The molecule has 0 unspecified atom stereocenters. The monoisotopic (exact) mass is 372 g/mol. The van der Waals surface area contributed by atoms with Crippen molar-refractivity contribution in [2.45, 2.75) is 23.7 Å². The summed E-state index contributed by atoms with van der Waals surface area (Å²) in [5, 5.41) is 29.4. The first-order chi connectivity index (χ1) is 11.5. The fraction of sp³-hybridized carbons (Fsp3) is 0.333. The van der Waals surface area contributed by atoms with Crippen molar-refractivity contribution >= 4 is 23.4 Å².